The lowest BCUT2D eigenvalue weighted by molar-refractivity contribution is -0.127. The van der Waals surface area contributed by atoms with Gasteiger partial charge in [0, 0.05) is 16.6 Å². The summed E-state index contributed by atoms with van der Waals surface area (Å²) in [6, 6.07) is 12.3. The van der Waals surface area contributed by atoms with Gasteiger partial charge in [-0.2, -0.15) is 0 Å². The van der Waals surface area contributed by atoms with Gasteiger partial charge in [-0.15, -0.1) is 11.3 Å². The van der Waals surface area contributed by atoms with Crippen LogP contribution in [0.1, 0.15) is 18.2 Å². The number of rotatable bonds is 6. The van der Waals surface area contributed by atoms with Crippen molar-refractivity contribution in [3.05, 3.63) is 59.1 Å². The number of carbonyl (C=O) groups excluding carboxylic acids is 2. The van der Waals surface area contributed by atoms with Crippen molar-refractivity contribution < 1.29 is 19.1 Å². The van der Waals surface area contributed by atoms with Crippen LogP contribution in [0.15, 0.2) is 47.8 Å². The molecule has 0 spiro atoms. The smallest absolute Gasteiger partial charge is 0.332 e. The van der Waals surface area contributed by atoms with Crippen LogP contribution in [0.25, 0.3) is 10.6 Å². The molecule has 2 heterocycles. The molecule has 3 amide bonds. The van der Waals surface area contributed by atoms with Crippen molar-refractivity contribution in [2.24, 2.45) is 0 Å². The van der Waals surface area contributed by atoms with Crippen molar-refractivity contribution in [1.82, 2.24) is 9.88 Å². The van der Waals surface area contributed by atoms with Crippen molar-refractivity contribution in [3.63, 3.8) is 0 Å². The lowest BCUT2D eigenvalue weighted by Gasteiger charge is -2.19. The Balaban J connectivity index is 1.55. The third kappa shape index (κ3) is 3.86. The molecule has 7 nitrogen and oxygen atoms in total. The van der Waals surface area contributed by atoms with E-state index in [1.54, 1.807) is 21.1 Å². The predicted octanol–water partition coefficient (Wildman–Crippen LogP) is 4.49. The SMILES string of the molecule is COc1ccc(-c2nc(CN3C(=O)[C@@H](C)N(c4ccc(C)cc4)C3=O)cs2)cc1OC. The van der Waals surface area contributed by atoms with Gasteiger partial charge in [0.2, 0.25) is 0 Å². The molecule has 160 valence electrons. The molecule has 2 aromatic carbocycles. The quantitative estimate of drug-likeness (QED) is 0.531. The van der Waals surface area contributed by atoms with E-state index in [0.717, 1.165) is 16.1 Å². The van der Waals surface area contributed by atoms with Gasteiger partial charge in [-0.25, -0.2) is 9.78 Å². The van der Waals surface area contributed by atoms with Gasteiger partial charge in [-0.05, 0) is 44.2 Å². The third-order valence-electron chi connectivity index (χ3n) is 5.26. The van der Waals surface area contributed by atoms with E-state index in [1.807, 2.05) is 54.8 Å². The van der Waals surface area contributed by atoms with E-state index >= 15 is 0 Å². The molecule has 1 aromatic heterocycles. The highest BCUT2D eigenvalue weighted by Crippen LogP contribution is 2.34. The predicted molar refractivity (Wildman–Crippen MR) is 120 cm³/mol. The van der Waals surface area contributed by atoms with Crippen LogP contribution in [0.2, 0.25) is 0 Å². The maximum absolute atomic E-state index is 13.0. The molecule has 8 heteroatoms. The Bertz CT molecular complexity index is 1130. The number of methoxy groups -OCH3 is 2. The molecule has 1 aliphatic rings. The summed E-state index contributed by atoms with van der Waals surface area (Å²) in [6.07, 6.45) is 0. The molecule has 0 radical (unpaired) electrons. The van der Waals surface area contributed by atoms with E-state index in [1.165, 1.54) is 21.1 Å². The minimum atomic E-state index is -0.556. The summed E-state index contributed by atoms with van der Waals surface area (Å²) in [7, 11) is 3.17. The van der Waals surface area contributed by atoms with E-state index in [9.17, 15) is 9.59 Å². The van der Waals surface area contributed by atoms with Gasteiger partial charge in [0.25, 0.3) is 5.91 Å². The molecule has 1 fully saturated rings. The Morgan fingerprint density at radius 2 is 1.74 bits per heavy atom. The van der Waals surface area contributed by atoms with Crippen LogP contribution in [0, 0.1) is 6.92 Å². The largest absolute Gasteiger partial charge is 0.493 e. The number of nitrogens with zero attached hydrogens (tertiary/aromatic N) is 3. The molecule has 31 heavy (non-hydrogen) atoms. The fourth-order valence-electron chi connectivity index (χ4n) is 3.55. The van der Waals surface area contributed by atoms with Crippen molar-refractivity contribution in [3.8, 4) is 22.1 Å². The van der Waals surface area contributed by atoms with Crippen LogP contribution < -0.4 is 14.4 Å². The Hall–Kier alpha value is -3.39. The van der Waals surface area contributed by atoms with Gasteiger partial charge in [-0.3, -0.25) is 14.6 Å². The van der Waals surface area contributed by atoms with Crippen LogP contribution in [0.3, 0.4) is 0 Å². The zero-order chi connectivity index (χ0) is 22.1. The summed E-state index contributed by atoms with van der Waals surface area (Å²) >= 11 is 1.45. The van der Waals surface area contributed by atoms with E-state index in [2.05, 4.69) is 4.98 Å². The number of hydrogen-bond donors (Lipinski definition) is 0. The lowest BCUT2D eigenvalue weighted by Crippen LogP contribution is -2.33. The Kier molecular flexibility index (Phi) is 5.65. The fourth-order valence-corrected chi connectivity index (χ4v) is 4.36. The number of anilines is 1. The third-order valence-corrected chi connectivity index (χ3v) is 6.20. The van der Waals surface area contributed by atoms with Crippen molar-refractivity contribution in [2.45, 2.75) is 26.4 Å². The standard InChI is InChI=1S/C23H23N3O4S/c1-14-5-8-18(9-6-14)26-15(2)22(27)25(23(26)28)12-17-13-31-21(24-17)16-7-10-19(29-3)20(11-16)30-4/h5-11,13,15H,12H2,1-4H3/t15-/m1/s1. The summed E-state index contributed by atoms with van der Waals surface area (Å²) in [4.78, 5) is 33.3. The number of carbonyl (C=O) groups is 2. The molecule has 1 atom stereocenters. The summed E-state index contributed by atoms with van der Waals surface area (Å²) in [6.45, 7) is 3.86. The first-order valence-electron chi connectivity index (χ1n) is 9.81. The zero-order valence-electron chi connectivity index (χ0n) is 17.8. The molecular formula is C23H23N3O4S. The van der Waals surface area contributed by atoms with E-state index in [0.29, 0.717) is 22.9 Å². The number of thiazole rings is 1. The number of aryl methyl sites for hydroxylation is 1. The summed E-state index contributed by atoms with van der Waals surface area (Å²) in [5.74, 6) is 1.02. The van der Waals surface area contributed by atoms with E-state index < -0.39 is 6.04 Å². The molecule has 0 bridgehead atoms. The van der Waals surface area contributed by atoms with Gasteiger partial charge < -0.3 is 9.47 Å². The van der Waals surface area contributed by atoms with E-state index in [-0.39, 0.29) is 18.5 Å². The number of hydrogen-bond acceptors (Lipinski definition) is 6. The molecular weight excluding hydrogens is 414 g/mol. The summed E-state index contributed by atoms with van der Waals surface area (Å²) < 4.78 is 10.6. The molecule has 0 unspecified atom stereocenters. The van der Waals surface area contributed by atoms with Crippen molar-refractivity contribution >= 4 is 29.0 Å². The van der Waals surface area contributed by atoms with Crippen LogP contribution in [-0.2, 0) is 11.3 Å². The second-order valence-electron chi connectivity index (χ2n) is 7.30. The minimum Gasteiger partial charge on any atom is -0.493 e. The lowest BCUT2D eigenvalue weighted by atomic mass is 10.2. The first-order chi connectivity index (χ1) is 14.9. The maximum atomic E-state index is 13.0. The fraction of sp³-hybridized carbons (Fsp3) is 0.261. The number of amides is 3. The van der Waals surface area contributed by atoms with Crippen LogP contribution in [-0.4, -0.2) is 42.1 Å². The number of imide groups is 1. The maximum Gasteiger partial charge on any atom is 0.332 e. The highest BCUT2D eigenvalue weighted by Gasteiger charge is 2.43. The molecule has 3 aromatic rings. The second kappa shape index (κ2) is 8.39. The van der Waals surface area contributed by atoms with Crippen LogP contribution >= 0.6 is 11.3 Å². The number of aromatic nitrogens is 1. The normalized spacial score (nSPS) is 16.2. The van der Waals surface area contributed by atoms with Gasteiger partial charge in [0.1, 0.15) is 11.0 Å². The number of benzene rings is 2. The zero-order valence-corrected chi connectivity index (χ0v) is 18.6. The molecule has 0 saturated carbocycles. The average molecular weight is 438 g/mol. The topological polar surface area (TPSA) is 72.0 Å². The van der Waals surface area contributed by atoms with Gasteiger partial charge in [-0.1, -0.05) is 17.7 Å². The minimum absolute atomic E-state index is 0.133. The summed E-state index contributed by atoms with van der Waals surface area (Å²) in [5, 5.41) is 2.64. The second-order valence-corrected chi connectivity index (χ2v) is 8.16. The Morgan fingerprint density at radius 1 is 1.03 bits per heavy atom. The Morgan fingerprint density at radius 3 is 2.42 bits per heavy atom. The van der Waals surface area contributed by atoms with Gasteiger partial charge in [0.15, 0.2) is 11.5 Å². The molecule has 1 aliphatic heterocycles. The number of ether oxygens (including phenoxy) is 2. The van der Waals surface area contributed by atoms with Crippen LogP contribution in [0.4, 0.5) is 10.5 Å². The van der Waals surface area contributed by atoms with Crippen molar-refractivity contribution in [2.75, 3.05) is 19.1 Å². The van der Waals surface area contributed by atoms with Crippen molar-refractivity contribution in [1.29, 1.82) is 0 Å². The van der Waals surface area contributed by atoms with Gasteiger partial charge >= 0.3 is 6.03 Å². The highest BCUT2D eigenvalue weighted by molar-refractivity contribution is 7.13. The van der Waals surface area contributed by atoms with Gasteiger partial charge in [0.05, 0.1) is 26.5 Å². The Labute approximate surface area is 184 Å². The average Bonchev–Trinajstić information content (AvgIpc) is 3.33. The van der Waals surface area contributed by atoms with E-state index in [4.69, 9.17) is 9.47 Å². The molecule has 0 N–H and O–H groups in total. The monoisotopic (exact) mass is 437 g/mol. The molecule has 1 saturated heterocycles. The first kappa shape index (κ1) is 20.9. The highest BCUT2D eigenvalue weighted by atomic mass is 32.1. The first-order valence-corrected chi connectivity index (χ1v) is 10.7. The number of urea groups is 1. The molecule has 4 rings (SSSR count). The molecule has 0 aliphatic carbocycles. The van der Waals surface area contributed by atoms with Crippen LogP contribution in [0.5, 0.6) is 11.5 Å². The summed E-state index contributed by atoms with van der Waals surface area (Å²) in [5.41, 5.74) is 3.34.